The Morgan fingerprint density at radius 2 is 1.87 bits per heavy atom. The lowest BCUT2D eigenvalue weighted by Crippen LogP contribution is -2.46. The van der Waals surface area contributed by atoms with E-state index in [4.69, 9.17) is 4.99 Å². The molecule has 2 amide bonds. The standard InChI is InChI=1S/C22H33N5O2.HI/c1-3-24-22(26-13-10-17(11-14-26)15-20(28)23-2)25-16-18-6-8-19(9-7-18)27-12-4-5-21(27)29;/h6-9,17H,3-5,10-16H2,1-2H3,(H,23,28)(H,24,25);1H. The highest BCUT2D eigenvalue weighted by Gasteiger charge is 2.23. The van der Waals surface area contributed by atoms with Gasteiger partial charge >= 0.3 is 0 Å². The van der Waals surface area contributed by atoms with Crippen molar-refractivity contribution in [2.45, 2.75) is 45.6 Å². The number of anilines is 1. The minimum atomic E-state index is 0. The van der Waals surface area contributed by atoms with Crippen LogP contribution in [0.15, 0.2) is 29.3 Å². The predicted octanol–water partition coefficient (Wildman–Crippen LogP) is 2.75. The fourth-order valence-corrected chi connectivity index (χ4v) is 4.01. The number of aliphatic imine (C=N–C) groups is 1. The van der Waals surface area contributed by atoms with Crippen molar-refractivity contribution >= 4 is 47.4 Å². The van der Waals surface area contributed by atoms with Crippen LogP contribution in [0.4, 0.5) is 5.69 Å². The van der Waals surface area contributed by atoms with E-state index in [-0.39, 0.29) is 35.8 Å². The third-order valence-electron chi connectivity index (χ3n) is 5.73. The Labute approximate surface area is 196 Å². The van der Waals surface area contributed by atoms with Gasteiger partial charge < -0.3 is 20.4 Å². The van der Waals surface area contributed by atoms with Gasteiger partial charge in [0.25, 0.3) is 0 Å². The lowest BCUT2D eigenvalue weighted by molar-refractivity contribution is -0.121. The van der Waals surface area contributed by atoms with Gasteiger partial charge in [0, 0.05) is 51.8 Å². The zero-order chi connectivity index (χ0) is 20.6. The lowest BCUT2D eigenvalue weighted by Gasteiger charge is -2.34. The van der Waals surface area contributed by atoms with E-state index in [1.54, 1.807) is 7.05 Å². The van der Waals surface area contributed by atoms with Crippen LogP contribution in [0.5, 0.6) is 0 Å². The maximum absolute atomic E-state index is 11.9. The minimum Gasteiger partial charge on any atom is -0.359 e. The summed E-state index contributed by atoms with van der Waals surface area (Å²) in [5, 5.41) is 6.11. The number of nitrogens with zero attached hydrogens (tertiary/aromatic N) is 3. The van der Waals surface area contributed by atoms with Gasteiger partial charge in [-0.05, 0) is 49.8 Å². The maximum atomic E-state index is 11.9. The average Bonchev–Trinajstić information content (AvgIpc) is 3.18. The highest BCUT2D eigenvalue weighted by molar-refractivity contribution is 14.0. The van der Waals surface area contributed by atoms with Crippen LogP contribution in [0.25, 0.3) is 0 Å². The molecule has 3 rings (SSSR count). The number of guanidine groups is 1. The van der Waals surface area contributed by atoms with Crippen LogP contribution in [0.1, 0.15) is 44.6 Å². The number of rotatable bonds is 6. The first-order chi connectivity index (χ1) is 14.1. The lowest BCUT2D eigenvalue weighted by atomic mass is 9.93. The summed E-state index contributed by atoms with van der Waals surface area (Å²) in [7, 11) is 1.70. The number of amides is 2. The van der Waals surface area contributed by atoms with Gasteiger partial charge in [-0.15, -0.1) is 24.0 Å². The zero-order valence-corrected chi connectivity index (χ0v) is 20.4. The molecule has 2 aliphatic rings. The van der Waals surface area contributed by atoms with Gasteiger partial charge in [0.15, 0.2) is 5.96 Å². The summed E-state index contributed by atoms with van der Waals surface area (Å²) in [6, 6.07) is 8.16. The Hall–Kier alpha value is -1.84. The van der Waals surface area contributed by atoms with Crippen molar-refractivity contribution < 1.29 is 9.59 Å². The molecule has 1 aromatic rings. The largest absolute Gasteiger partial charge is 0.359 e. The van der Waals surface area contributed by atoms with Gasteiger partial charge in [-0.3, -0.25) is 9.59 Å². The molecule has 0 radical (unpaired) electrons. The summed E-state index contributed by atoms with van der Waals surface area (Å²) in [5.74, 6) is 1.73. The second kappa shape index (κ2) is 12.1. The second-order valence-electron chi connectivity index (χ2n) is 7.79. The van der Waals surface area contributed by atoms with E-state index in [0.717, 1.165) is 62.7 Å². The SMILES string of the molecule is CCNC(=NCc1ccc(N2CCCC2=O)cc1)N1CCC(CC(=O)NC)CC1.I. The van der Waals surface area contributed by atoms with E-state index in [0.29, 0.717) is 25.3 Å². The van der Waals surface area contributed by atoms with E-state index in [2.05, 4.69) is 34.6 Å². The van der Waals surface area contributed by atoms with Gasteiger partial charge in [0.2, 0.25) is 11.8 Å². The third-order valence-corrected chi connectivity index (χ3v) is 5.73. The van der Waals surface area contributed by atoms with Crippen molar-refractivity contribution in [3.63, 3.8) is 0 Å². The van der Waals surface area contributed by atoms with Crippen LogP contribution >= 0.6 is 24.0 Å². The molecule has 7 nitrogen and oxygen atoms in total. The van der Waals surface area contributed by atoms with Crippen LogP contribution in [-0.4, -0.2) is 55.9 Å². The van der Waals surface area contributed by atoms with Crippen molar-refractivity contribution in [2.24, 2.45) is 10.9 Å². The summed E-state index contributed by atoms with van der Waals surface area (Å²) < 4.78 is 0. The van der Waals surface area contributed by atoms with Crippen LogP contribution in [0, 0.1) is 5.92 Å². The van der Waals surface area contributed by atoms with Crippen molar-refractivity contribution in [2.75, 3.05) is 38.1 Å². The summed E-state index contributed by atoms with van der Waals surface area (Å²) in [6.07, 6.45) is 4.23. The molecule has 0 atom stereocenters. The third kappa shape index (κ3) is 6.58. The van der Waals surface area contributed by atoms with Gasteiger partial charge in [-0.25, -0.2) is 4.99 Å². The molecule has 2 aliphatic heterocycles. The predicted molar refractivity (Wildman–Crippen MR) is 131 cm³/mol. The fourth-order valence-electron chi connectivity index (χ4n) is 4.01. The van der Waals surface area contributed by atoms with E-state index >= 15 is 0 Å². The summed E-state index contributed by atoms with van der Waals surface area (Å²) in [6.45, 7) is 6.17. The second-order valence-corrected chi connectivity index (χ2v) is 7.79. The molecule has 2 fully saturated rings. The fraction of sp³-hybridized carbons (Fsp3) is 0.591. The van der Waals surface area contributed by atoms with Crippen molar-refractivity contribution in [1.82, 2.24) is 15.5 Å². The van der Waals surface area contributed by atoms with Crippen LogP contribution in [0.3, 0.4) is 0 Å². The molecule has 2 heterocycles. The van der Waals surface area contributed by atoms with Gasteiger partial charge in [-0.1, -0.05) is 12.1 Å². The topological polar surface area (TPSA) is 77.0 Å². The van der Waals surface area contributed by atoms with E-state index in [1.165, 1.54) is 0 Å². The number of likely N-dealkylation sites (tertiary alicyclic amines) is 1. The molecule has 0 aliphatic carbocycles. The van der Waals surface area contributed by atoms with Crippen molar-refractivity contribution in [1.29, 1.82) is 0 Å². The first kappa shape index (κ1) is 24.4. The smallest absolute Gasteiger partial charge is 0.227 e. The molecule has 1 aromatic carbocycles. The Kier molecular flexibility index (Phi) is 9.87. The van der Waals surface area contributed by atoms with E-state index in [9.17, 15) is 9.59 Å². The van der Waals surface area contributed by atoms with E-state index < -0.39 is 0 Å². The Morgan fingerprint density at radius 3 is 2.43 bits per heavy atom. The molecule has 0 bridgehead atoms. The quantitative estimate of drug-likeness (QED) is 0.339. The van der Waals surface area contributed by atoms with Gasteiger partial charge in [0.1, 0.15) is 0 Å². The minimum absolute atomic E-state index is 0. The number of hydrogen-bond donors (Lipinski definition) is 2. The monoisotopic (exact) mass is 527 g/mol. The molecule has 0 spiro atoms. The van der Waals surface area contributed by atoms with E-state index in [1.807, 2.05) is 17.0 Å². The van der Waals surface area contributed by atoms with Crippen molar-refractivity contribution in [3.8, 4) is 0 Å². The number of halogens is 1. The molecule has 0 unspecified atom stereocenters. The summed E-state index contributed by atoms with van der Waals surface area (Å²) in [5.41, 5.74) is 2.11. The van der Waals surface area contributed by atoms with Crippen LogP contribution in [-0.2, 0) is 16.1 Å². The molecule has 166 valence electrons. The Morgan fingerprint density at radius 1 is 1.17 bits per heavy atom. The van der Waals surface area contributed by atoms with Gasteiger partial charge in [-0.2, -0.15) is 0 Å². The number of piperidine rings is 1. The molecule has 30 heavy (non-hydrogen) atoms. The number of carbonyl (C=O) groups is 2. The molecular formula is C22H34IN5O2. The number of hydrogen-bond acceptors (Lipinski definition) is 3. The molecule has 0 saturated carbocycles. The number of nitrogens with one attached hydrogen (secondary N) is 2. The normalized spacial score (nSPS) is 17.7. The highest BCUT2D eigenvalue weighted by Crippen LogP contribution is 2.22. The average molecular weight is 527 g/mol. The van der Waals surface area contributed by atoms with Gasteiger partial charge in [0.05, 0.1) is 6.54 Å². The first-order valence-electron chi connectivity index (χ1n) is 10.7. The Balaban J connectivity index is 0.00000320. The Bertz CT molecular complexity index is 730. The molecule has 8 heteroatoms. The molecule has 2 N–H and O–H groups in total. The molecular weight excluding hydrogens is 493 g/mol. The van der Waals surface area contributed by atoms with Crippen LogP contribution < -0.4 is 15.5 Å². The van der Waals surface area contributed by atoms with Crippen LogP contribution in [0.2, 0.25) is 0 Å². The highest BCUT2D eigenvalue weighted by atomic mass is 127. The zero-order valence-electron chi connectivity index (χ0n) is 18.0. The molecule has 0 aromatic heterocycles. The molecule has 2 saturated heterocycles. The number of carbonyl (C=O) groups excluding carboxylic acids is 2. The first-order valence-corrected chi connectivity index (χ1v) is 10.7. The number of benzene rings is 1. The maximum Gasteiger partial charge on any atom is 0.227 e. The van der Waals surface area contributed by atoms with Crippen molar-refractivity contribution in [3.05, 3.63) is 29.8 Å². The summed E-state index contributed by atoms with van der Waals surface area (Å²) in [4.78, 5) is 32.5. The summed E-state index contributed by atoms with van der Waals surface area (Å²) >= 11 is 0.